The number of methoxy groups -OCH3 is 1. The largest absolute Gasteiger partial charge is 0.495 e. The van der Waals surface area contributed by atoms with Gasteiger partial charge in [-0.05, 0) is 30.7 Å². The van der Waals surface area contributed by atoms with Crippen LogP contribution in [0.1, 0.15) is 5.56 Å². The molecule has 6 heteroatoms. The van der Waals surface area contributed by atoms with Gasteiger partial charge in [0.15, 0.2) is 0 Å². The molecule has 0 aliphatic rings. The van der Waals surface area contributed by atoms with E-state index in [1.165, 1.54) is 0 Å². The number of hydrogen-bond donors (Lipinski definition) is 1. The first-order chi connectivity index (χ1) is 10.2. The third-order valence-electron chi connectivity index (χ3n) is 3.22. The molecule has 0 amide bonds. The minimum Gasteiger partial charge on any atom is -0.495 e. The summed E-state index contributed by atoms with van der Waals surface area (Å²) in [6.07, 6.45) is 5.22. The molecule has 21 heavy (non-hydrogen) atoms. The Kier molecular flexibility index (Phi) is 3.27. The van der Waals surface area contributed by atoms with Crippen LogP contribution in [-0.2, 0) is 0 Å². The van der Waals surface area contributed by atoms with E-state index in [1.54, 1.807) is 24.2 Å². The molecular weight excluding hydrogens is 266 g/mol. The van der Waals surface area contributed by atoms with Gasteiger partial charge in [-0.1, -0.05) is 11.3 Å². The van der Waals surface area contributed by atoms with Crippen molar-refractivity contribution in [2.24, 2.45) is 0 Å². The number of pyridine rings is 1. The Hall–Kier alpha value is -2.89. The van der Waals surface area contributed by atoms with Crippen LogP contribution in [0.2, 0.25) is 0 Å². The molecule has 0 saturated carbocycles. The fraction of sp³-hybridized carbons (Fsp3) is 0.133. The topological polar surface area (TPSA) is 78.9 Å². The first kappa shape index (κ1) is 13.1. The Labute approximate surface area is 122 Å². The molecule has 0 aliphatic carbocycles. The van der Waals surface area contributed by atoms with Crippen molar-refractivity contribution in [3.8, 4) is 22.7 Å². The summed E-state index contributed by atoms with van der Waals surface area (Å²) in [5.74, 6) is 0.683. The molecule has 106 valence electrons. The third kappa shape index (κ3) is 2.55. The Bertz CT molecular complexity index is 781. The van der Waals surface area contributed by atoms with Gasteiger partial charge in [-0.25, -0.2) is 4.68 Å². The molecule has 0 aliphatic heterocycles. The number of rotatable bonds is 3. The zero-order valence-corrected chi connectivity index (χ0v) is 11.8. The highest BCUT2D eigenvalue weighted by atomic mass is 16.5. The lowest BCUT2D eigenvalue weighted by atomic mass is 10.2. The van der Waals surface area contributed by atoms with Crippen LogP contribution in [-0.4, -0.2) is 27.1 Å². The highest BCUT2D eigenvalue weighted by molar-refractivity contribution is 5.60. The molecule has 3 rings (SSSR count). The maximum absolute atomic E-state index is 5.83. The number of anilines is 1. The average molecular weight is 281 g/mol. The molecule has 2 N–H and O–H groups in total. The quantitative estimate of drug-likeness (QED) is 0.745. The molecule has 2 heterocycles. The molecule has 0 atom stereocenters. The minimum absolute atomic E-state index is 0.683. The van der Waals surface area contributed by atoms with Crippen molar-refractivity contribution in [3.63, 3.8) is 0 Å². The van der Waals surface area contributed by atoms with Gasteiger partial charge >= 0.3 is 0 Å². The summed E-state index contributed by atoms with van der Waals surface area (Å²) in [5, 5.41) is 8.35. The van der Waals surface area contributed by atoms with Crippen molar-refractivity contribution in [3.05, 3.63) is 48.4 Å². The van der Waals surface area contributed by atoms with Crippen molar-refractivity contribution in [1.82, 2.24) is 20.0 Å². The van der Waals surface area contributed by atoms with Crippen LogP contribution >= 0.6 is 0 Å². The van der Waals surface area contributed by atoms with Gasteiger partial charge in [0, 0.05) is 17.4 Å². The van der Waals surface area contributed by atoms with Crippen molar-refractivity contribution in [1.29, 1.82) is 0 Å². The summed E-state index contributed by atoms with van der Waals surface area (Å²) in [4.78, 5) is 4.12. The Balaban J connectivity index is 2.01. The summed E-state index contributed by atoms with van der Waals surface area (Å²) < 4.78 is 6.88. The van der Waals surface area contributed by atoms with E-state index < -0.39 is 0 Å². The normalized spacial score (nSPS) is 10.6. The number of aryl methyl sites for hydroxylation is 1. The maximum Gasteiger partial charge on any atom is 0.137 e. The molecule has 6 nitrogen and oxygen atoms in total. The van der Waals surface area contributed by atoms with Gasteiger partial charge in [-0.2, -0.15) is 0 Å². The molecule has 0 bridgehead atoms. The van der Waals surface area contributed by atoms with E-state index in [4.69, 9.17) is 10.5 Å². The second kappa shape index (κ2) is 5.24. The van der Waals surface area contributed by atoms with Crippen LogP contribution in [0.15, 0.2) is 42.9 Å². The van der Waals surface area contributed by atoms with Gasteiger partial charge in [0.1, 0.15) is 11.4 Å². The Morgan fingerprint density at radius 3 is 2.86 bits per heavy atom. The van der Waals surface area contributed by atoms with Gasteiger partial charge in [0.05, 0.1) is 25.2 Å². The Morgan fingerprint density at radius 2 is 2.05 bits per heavy atom. The predicted molar refractivity (Wildman–Crippen MR) is 80.3 cm³/mol. The number of ether oxygens (including phenoxy) is 1. The number of nitrogen functional groups attached to an aromatic ring is 1. The van der Waals surface area contributed by atoms with Crippen LogP contribution in [0.25, 0.3) is 16.9 Å². The van der Waals surface area contributed by atoms with Crippen LogP contribution in [0.3, 0.4) is 0 Å². The molecule has 0 spiro atoms. The Morgan fingerprint density at radius 1 is 1.19 bits per heavy atom. The smallest absolute Gasteiger partial charge is 0.137 e. The summed E-state index contributed by atoms with van der Waals surface area (Å²) >= 11 is 0. The third-order valence-corrected chi connectivity index (χ3v) is 3.22. The van der Waals surface area contributed by atoms with E-state index in [9.17, 15) is 0 Å². The summed E-state index contributed by atoms with van der Waals surface area (Å²) in [6.45, 7) is 2.00. The number of hydrogen-bond acceptors (Lipinski definition) is 5. The SMILES string of the molecule is COc1cncc(-c2cn(-c3cc(N)ccc3C)nn2)c1. The van der Waals surface area contributed by atoms with Gasteiger partial charge in [-0.3, -0.25) is 4.98 Å². The van der Waals surface area contributed by atoms with E-state index >= 15 is 0 Å². The van der Waals surface area contributed by atoms with Gasteiger partial charge in [0.2, 0.25) is 0 Å². The van der Waals surface area contributed by atoms with Crippen molar-refractivity contribution >= 4 is 5.69 Å². The molecule has 3 aromatic rings. The summed E-state index contributed by atoms with van der Waals surface area (Å²) in [7, 11) is 1.60. The average Bonchev–Trinajstić information content (AvgIpc) is 2.99. The first-order valence-corrected chi connectivity index (χ1v) is 6.45. The number of benzene rings is 1. The first-order valence-electron chi connectivity index (χ1n) is 6.45. The molecule has 1 aromatic carbocycles. The number of nitrogens with two attached hydrogens (primary N) is 1. The standard InChI is InChI=1S/C15H15N5O/c1-10-3-4-12(16)6-15(10)20-9-14(18-19-20)11-5-13(21-2)8-17-7-11/h3-9H,16H2,1-2H3. The highest BCUT2D eigenvalue weighted by Gasteiger charge is 2.09. The van der Waals surface area contributed by atoms with Crippen molar-refractivity contribution in [2.45, 2.75) is 6.92 Å². The van der Waals surface area contributed by atoms with E-state index in [0.29, 0.717) is 11.4 Å². The molecule has 0 radical (unpaired) electrons. The molecule has 0 saturated heterocycles. The van der Waals surface area contributed by atoms with E-state index in [0.717, 1.165) is 22.5 Å². The molecule has 0 fully saturated rings. The summed E-state index contributed by atoms with van der Waals surface area (Å²) in [5.41, 5.74) is 10.1. The summed E-state index contributed by atoms with van der Waals surface area (Å²) in [6, 6.07) is 7.56. The zero-order valence-electron chi connectivity index (χ0n) is 11.8. The monoisotopic (exact) mass is 281 g/mol. The maximum atomic E-state index is 5.83. The number of aromatic nitrogens is 4. The van der Waals surface area contributed by atoms with Crippen molar-refractivity contribution < 1.29 is 4.74 Å². The second-order valence-electron chi connectivity index (χ2n) is 4.71. The van der Waals surface area contributed by atoms with Crippen LogP contribution in [0, 0.1) is 6.92 Å². The molecule has 0 unspecified atom stereocenters. The fourth-order valence-corrected chi connectivity index (χ4v) is 2.06. The van der Waals surface area contributed by atoms with Crippen LogP contribution < -0.4 is 10.5 Å². The van der Waals surface area contributed by atoms with Gasteiger partial charge in [0.25, 0.3) is 0 Å². The zero-order chi connectivity index (χ0) is 14.8. The van der Waals surface area contributed by atoms with E-state index in [2.05, 4.69) is 15.3 Å². The second-order valence-corrected chi connectivity index (χ2v) is 4.71. The van der Waals surface area contributed by atoms with E-state index in [1.807, 2.05) is 37.4 Å². The molecular formula is C15H15N5O. The fourth-order valence-electron chi connectivity index (χ4n) is 2.06. The lowest BCUT2D eigenvalue weighted by Gasteiger charge is -2.05. The van der Waals surface area contributed by atoms with Crippen LogP contribution in [0.5, 0.6) is 5.75 Å². The predicted octanol–water partition coefficient (Wildman–Crippen LogP) is 2.23. The highest BCUT2D eigenvalue weighted by Crippen LogP contribution is 2.22. The number of nitrogens with zero attached hydrogens (tertiary/aromatic N) is 4. The van der Waals surface area contributed by atoms with Crippen molar-refractivity contribution in [2.75, 3.05) is 12.8 Å². The molecule has 2 aromatic heterocycles. The van der Waals surface area contributed by atoms with E-state index in [-0.39, 0.29) is 0 Å². The van der Waals surface area contributed by atoms with Gasteiger partial charge in [-0.15, -0.1) is 5.10 Å². The van der Waals surface area contributed by atoms with Crippen LogP contribution in [0.4, 0.5) is 5.69 Å². The lowest BCUT2D eigenvalue weighted by molar-refractivity contribution is 0.413. The minimum atomic E-state index is 0.683. The van der Waals surface area contributed by atoms with Gasteiger partial charge < -0.3 is 10.5 Å². The lowest BCUT2D eigenvalue weighted by Crippen LogP contribution is -1.99.